The van der Waals surface area contributed by atoms with Gasteiger partial charge in [-0.15, -0.1) is 0 Å². The normalized spacial score (nSPS) is 26.4. The van der Waals surface area contributed by atoms with Crippen molar-refractivity contribution < 1.29 is 28.8 Å². The third kappa shape index (κ3) is 6.53. The number of rotatable bonds is 9. The van der Waals surface area contributed by atoms with Gasteiger partial charge in [0.05, 0.1) is 17.9 Å². The lowest BCUT2D eigenvalue weighted by Gasteiger charge is -2.43. The third-order valence-corrected chi connectivity index (χ3v) is 10.5. The second-order valence-electron chi connectivity index (χ2n) is 13.1. The average molecular weight is 615 g/mol. The van der Waals surface area contributed by atoms with Gasteiger partial charge in [-0.05, 0) is 86.0 Å². The number of fused-ring (bicyclic) bond motifs is 3. The minimum Gasteiger partial charge on any atom is -0.505 e. The topological polar surface area (TPSA) is 90.3 Å². The summed E-state index contributed by atoms with van der Waals surface area (Å²) in [5.41, 5.74) is 5.34. The Morgan fingerprint density at radius 3 is 2.51 bits per heavy atom. The monoisotopic (exact) mass is 614 g/mol. The quantitative estimate of drug-likeness (QED) is 0.205. The van der Waals surface area contributed by atoms with Gasteiger partial charge in [-0.25, -0.2) is 4.39 Å². The molecular formula is C36H44BFN2O5. The SMILES string of the molecule is CCC1=C2[C@@H](CC/C(=C/c3ccc(O)c(F)c3)CC)OB(O)C[C@@H]2[C@@H]2C(=O)N(C3CCN(Cc4ccccc4)CC3)C(=O)[C@@H]2C1. The summed E-state index contributed by atoms with van der Waals surface area (Å²) in [6.07, 6.45) is 6.87. The molecule has 0 radical (unpaired) electrons. The summed E-state index contributed by atoms with van der Waals surface area (Å²) in [6.45, 7) is 6.71. The zero-order valence-corrected chi connectivity index (χ0v) is 26.3. The molecule has 238 valence electrons. The number of phenolic OH excluding ortho intramolecular Hbond substituents is 1. The molecule has 2 amide bonds. The minimum absolute atomic E-state index is 0.0358. The Labute approximate surface area is 265 Å². The summed E-state index contributed by atoms with van der Waals surface area (Å²) in [5, 5.41) is 20.4. The summed E-state index contributed by atoms with van der Waals surface area (Å²) in [4.78, 5) is 32.1. The number of piperidine rings is 1. The standard InChI is InChI=1S/C36H44BFN2O5/c1-3-23(18-25-10-12-31(41)30(38)19-25)11-13-32-33-26(4-2)20-28-34(29(33)21-37(44)45-32)36(43)40(35(28)42)27-14-16-39(17-15-27)22-24-8-6-5-7-9-24/h5-10,12,18-19,27-29,32,34,41,44H,3-4,11,13-17,20-22H2,1-2H3/b23-18+/t28-,29+,32-,34-/m1/s1. The minimum atomic E-state index is -1.00. The van der Waals surface area contributed by atoms with Crippen LogP contribution >= 0.6 is 0 Å². The summed E-state index contributed by atoms with van der Waals surface area (Å²) in [5.74, 6) is -2.17. The van der Waals surface area contributed by atoms with E-state index in [0.717, 1.165) is 56.5 Å². The van der Waals surface area contributed by atoms with E-state index in [1.165, 1.54) is 23.3 Å². The van der Waals surface area contributed by atoms with Crippen LogP contribution in [-0.4, -0.2) is 64.1 Å². The molecule has 3 fully saturated rings. The molecule has 4 atom stereocenters. The van der Waals surface area contributed by atoms with E-state index in [9.17, 15) is 24.1 Å². The largest absolute Gasteiger partial charge is 0.505 e. The van der Waals surface area contributed by atoms with Crippen molar-refractivity contribution in [1.82, 2.24) is 9.80 Å². The highest BCUT2D eigenvalue weighted by Gasteiger charge is 2.58. The fraction of sp³-hybridized carbons (Fsp3) is 0.500. The average Bonchev–Trinajstić information content (AvgIpc) is 3.30. The van der Waals surface area contributed by atoms with Gasteiger partial charge in [0.15, 0.2) is 11.6 Å². The second kappa shape index (κ2) is 13.6. The van der Waals surface area contributed by atoms with E-state index in [1.807, 2.05) is 19.1 Å². The van der Waals surface area contributed by atoms with Crippen LogP contribution < -0.4 is 0 Å². The number of carbonyl (C=O) groups excluding carboxylic acids is 2. The van der Waals surface area contributed by atoms with Gasteiger partial charge in [0.2, 0.25) is 11.8 Å². The highest BCUT2D eigenvalue weighted by Crippen LogP contribution is 2.52. The number of imide groups is 1. The van der Waals surface area contributed by atoms with Gasteiger partial charge in [-0.1, -0.05) is 67.5 Å². The number of carbonyl (C=O) groups is 2. The number of hydrogen-bond donors (Lipinski definition) is 2. The first kappa shape index (κ1) is 31.7. The summed E-state index contributed by atoms with van der Waals surface area (Å²) < 4.78 is 20.1. The molecule has 0 bridgehead atoms. The predicted octanol–water partition coefficient (Wildman–Crippen LogP) is 5.98. The summed E-state index contributed by atoms with van der Waals surface area (Å²) >= 11 is 0. The molecule has 2 aromatic carbocycles. The molecular weight excluding hydrogens is 570 g/mol. The number of amides is 2. The maximum absolute atomic E-state index is 14.1. The van der Waals surface area contributed by atoms with Crippen LogP contribution in [0, 0.1) is 23.6 Å². The lowest BCUT2D eigenvalue weighted by molar-refractivity contribution is -0.144. The molecule has 7 nitrogen and oxygen atoms in total. The molecule has 0 saturated carbocycles. The Balaban J connectivity index is 1.17. The van der Waals surface area contributed by atoms with Crippen LogP contribution in [-0.2, 0) is 20.8 Å². The number of allylic oxidation sites excluding steroid dienone is 2. The van der Waals surface area contributed by atoms with Gasteiger partial charge in [0, 0.05) is 25.7 Å². The lowest BCUT2D eigenvalue weighted by Crippen LogP contribution is -2.48. The predicted molar refractivity (Wildman–Crippen MR) is 172 cm³/mol. The number of aromatic hydroxyl groups is 1. The van der Waals surface area contributed by atoms with Gasteiger partial charge < -0.3 is 14.8 Å². The number of nitrogens with zero attached hydrogens (tertiary/aromatic N) is 2. The Kier molecular flexibility index (Phi) is 9.59. The first-order valence-electron chi connectivity index (χ1n) is 16.6. The smallest absolute Gasteiger partial charge is 0.455 e. The molecule has 2 N–H and O–H groups in total. The van der Waals surface area contributed by atoms with Crippen LogP contribution in [0.5, 0.6) is 5.75 Å². The van der Waals surface area contributed by atoms with Crippen LogP contribution in [0.4, 0.5) is 4.39 Å². The van der Waals surface area contributed by atoms with Crippen LogP contribution in [0.15, 0.2) is 65.3 Å². The first-order chi connectivity index (χ1) is 21.8. The molecule has 4 aliphatic rings. The van der Waals surface area contributed by atoms with Gasteiger partial charge in [-0.2, -0.15) is 0 Å². The number of halogens is 1. The molecule has 0 spiro atoms. The van der Waals surface area contributed by atoms with Crippen LogP contribution in [0.2, 0.25) is 6.32 Å². The fourth-order valence-corrected chi connectivity index (χ4v) is 8.18. The fourth-order valence-electron chi connectivity index (χ4n) is 8.18. The molecule has 0 unspecified atom stereocenters. The molecule has 3 heterocycles. The van der Waals surface area contributed by atoms with Crippen molar-refractivity contribution in [2.45, 2.75) is 83.8 Å². The van der Waals surface area contributed by atoms with Crippen molar-refractivity contribution in [1.29, 1.82) is 0 Å². The van der Waals surface area contributed by atoms with Gasteiger partial charge in [-0.3, -0.25) is 19.4 Å². The molecule has 3 saturated heterocycles. The van der Waals surface area contributed by atoms with Crippen molar-refractivity contribution in [3.63, 3.8) is 0 Å². The Hall–Kier alpha value is -3.27. The van der Waals surface area contributed by atoms with E-state index in [2.05, 4.69) is 36.1 Å². The molecule has 6 rings (SSSR count). The van der Waals surface area contributed by atoms with E-state index in [1.54, 1.807) is 11.0 Å². The highest BCUT2D eigenvalue weighted by molar-refractivity contribution is 6.43. The maximum Gasteiger partial charge on any atom is 0.455 e. The van der Waals surface area contributed by atoms with E-state index in [-0.39, 0.29) is 41.5 Å². The Morgan fingerprint density at radius 1 is 1.07 bits per heavy atom. The molecule has 0 aromatic heterocycles. The van der Waals surface area contributed by atoms with Crippen LogP contribution in [0.25, 0.3) is 6.08 Å². The van der Waals surface area contributed by atoms with Gasteiger partial charge in [0.25, 0.3) is 0 Å². The molecule has 45 heavy (non-hydrogen) atoms. The lowest BCUT2D eigenvalue weighted by atomic mass is 9.58. The second-order valence-corrected chi connectivity index (χ2v) is 13.1. The highest BCUT2D eigenvalue weighted by atomic mass is 19.1. The van der Waals surface area contributed by atoms with Gasteiger partial charge >= 0.3 is 7.12 Å². The number of hydrogen-bond acceptors (Lipinski definition) is 6. The number of likely N-dealkylation sites (tertiary alicyclic amines) is 2. The van der Waals surface area contributed by atoms with Crippen molar-refractivity contribution in [3.05, 3.63) is 82.2 Å². The Morgan fingerprint density at radius 2 is 1.82 bits per heavy atom. The zero-order valence-electron chi connectivity index (χ0n) is 26.3. The van der Waals surface area contributed by atoms with Crippen molar-refractivity contribution in [3.8, 4) is 5.75 Å². The molecule has 9 heteroatoms. The summed E-state index contributed by atoms with van der Waals surface area (Å²) in [6, 6.07) is 14.7. The van der Waals surface area contributed by atoms with Crippen molar-refractivity contribution >= 4 is 25.0 Å². The molecule has 3 aliphatic heterocycles. The van der Waals surface area contributed by atoms with E-state index in [4.69, 9.17) is 4.65 Å². The maximum atomic E-state index is 14.1. The van der Waals surface area contributed by atoms with E-state index < -0.39 is 18.9 Å². The van der Waals surface area contributed by atoms with Crippen LogP contribution in [0.3, 0.4) is 0 Å². The number of benzene rings is 2. The Bertz CT molecular complexity index is 1470. The zero-order chi connectivity index (χ0) is 31.7. The first-order valence-corrected chi connectivity index (χ1v) is 16.6. The van der Waals surface area contributed by atoms with E-state index >= 15 is 0 Å². The van der Waals surface area contributed by atoms with E-state index in [0.29, 0.717) is 31.1 Å². The third-order valence-electron chi connectivity index (χ3n) is 10.5. The van der Waals surface area contributed by atoms with Crippen LogP contribution in [0.1, 0.15) is 69.9 Å². The summed E-state index contributed by atoms with van der Waals surface area (Å²) in [7, 11) is -1.00. The number of phenols is 1. The molecule has 2 aromatic rings. The van der Waals surface area contributed by atoms with Crippen molar-refractivity contribution in [2.24, 2.45) is 17.8 Å². The van der Waals surface area contributed by atoms with Gasteiger partial charge in [0.1, 0.15) is 0 Å². The van der Waals surface area contributed by atoms with Crippen molar-refractivity contribution in [2.75, 3.05) is 13.1 Å². The molecule has 1 aliphatic carbocycles.